The van der Waals surface area contributed by atoms with Crippen LogP contribution < -0.4 is 0 Å². The van der Waals surface area contributed by atoms with Crippen molar-refractivity contribution >= 4 is 66.3 Å². The molecule has 2 aromatic carbocycles. The number of nitrogens with zero attached hydrogens (tertiary/aromatic N) is 2. The average molecular weight is 788 g/mol. The molecule has 6 nitrogen and oxygen atoms in total. The fourth-order valence-electron chi connectivity index (χ4n) is 4.37. The number of halogens is 16. The Morgan fingerprint density at radius 3 is 1.02 bits per heavy atom. The van der Waals surface area contributed by atoms with Gasteiger partial charge < -0.3 is 0 Å². The van der Waals surface area contributed by atoms with Crippen LogP contribution in [0.2, 0.25) is 0 Å². The fourth-order valence-corrected chi connectivity index (χ4v) is 5.56. The van der Waals surface area contributed by atoms with Gasteiger partial charge in [0.1, 0.15) is 0 Å². The molecule has 0 spiro atoms. The van der Waals surface area contributed by atoms with E-state index < -0.39 is 125 Å². The van der Waals surface area contributed by atoms with Crippen LogP contribution in [0.25, 0.3) is 10.8 Å². The highest BCUT2D eigenvalue weighted by Gasteiger charge is 2.74. The Morgan fingerprint density at radius 2 is 0.773 bits per heavy atom. The summed E-state index contributed by atoms with van der Waals surface area (Å²) in [5.74, 6) is -33.5. The normalized spacial score (nSPS) is 16.9. The molecule has 22 heteroatoms. The lowest BCUT2D eigenvalue weighted by molar-refractivity contribution is -0.354. The average Bonchev–Trinajstić information content (AvgIpc) is 2.85. The van der Waals surface area contributed by atoms with Crippen molar-refractivity contribution < 1.29 is 80.6 Å². The Kier molecular flexibility index (Phi) is 7.48. The lowest BCUT2D eigenvalue weighted by atomic mass is 9.85. The first kappa shape index (κ1) is 33.8. The minimum atomic E-state index is -6.84. The summed E-state index contributed by atoms with van der Waals surface area (Å²) in [4.78, 5) is 50.8. The largest absolute Gasteiger partial charge is 0.459 e. The van der Waals surface area contributed by atoms with Crippen molar-refractivity contribution in [1.82, 2.24) is 9.80 Å². The van der Waals surface area contributed by atoms with E-state index in [-0.39, 0.29) is 0 Å². The van der Waals surface area contributed by atoms with Gasteiger partial charge in [-0.15, -0.1) is 0 Å². The van der Waals surface area contributed by atoms with Gasteiger partial charge in [0.25, 0.3) is 23.6 Å². The van der Waals surface area contributed by atoms with Crippen molar-refractivity contribution in [2.45, 2.75) is 36.0 Å². The zero-order chi connectivity index (χ0) is 33.9. The van der Waals surface area contributed by atoms with Crippen molar-refractivity contribution in [1.29, 1.82) is 0 Å². The molecule has 2 aromatic rings. The summed E-state index contributed by atoms with van der Waals surface area (Å²) in [5.41, 5.74) is -3.88. The Hall–Kier alpha value is -3.04. The summed E-state index contributed by atoms with van der Waals surface area (Å²) in [5, 5.41) is -1.61. The molecule has 44 heavy (non-hydrogen) atoms. The van der Waals surface area contributed by atoms with E-state index in [1.807, 2.05) is 0 Å². The van der Waals surface area contributed by atoms with Gasteiger partial charge >= 0.3 is 36.0 Å². The molecule has 2 aliphatic heterocycles. The molecule has 4 amide bonds. The molecule has 0 saturated carbocycles. The van der Waals surface area contributed by atoms with E-state index in [1.54, 1.807) is 0 Å². The minimum Gasteiger partial charge on any atom is -0.269 e. The number of hydrogen-bond acceptors (Lipinski definition) is 4. The molecule has 0 saturated heterocycles. The van der Waals surface area contributed by atoms with Gasteiger partial charge in [0.15, 0.2) is 0 Å². The molecule has 0 atom stereocenters. The predicted octanol–water partition coefficient (Wildman–Crippen LogP) is 7.22. The third-order valence-electron chi connectivity index (χ3n) is 6.52. The second kappa shape index (κ2) is 9.73. The maximum Gasteiger partial charge on any atom is 0.459 e. The Balaban J connectivity index is 1.89. The molecule has 2 heterocycles. The van der Waals surface area contributed by atoms with Gasteiger partial charge in [0.2, 0.25) is 0 Å². The van der Waals surface area contributed by atoms with Crippen molar-refractivity contribution in [2.24, 2.45) is 0 Å². The highest BCUT2D eigenvalue weighted by Crippen LogP contribution is 2.50. The molecule has 0 aliphatic carbocycles. The number of hydrogen-bond donors (Lipinski definition) is 0. The van der Waals surface area contributed by atoms with Crippen LogP contribution in [0, 0.1) is 0 Å². The first-order valence-electron chi connectivity index (χ1n) is 11.0. The number of rotatable bonds is 6. The molecule has 0 N–H and O–H groups in total. The number of carbonyl (C=O) groups excluding carboxylic acids is 4. The van der Waals surface area contributed by atoms with Gasteiger partial charge in [-0.25, -0.2) is 0 Å². The quantitative estimate of drug-likeness (QED) is 0.229. The Bertz CT molecular complexity index is 1550. The summed E-state index contributed by atoms with van der Waals surface area (Å²) >= 11 is 5.33. The van der Waals surface area contributed by atoms with E-state index in [2.05, 4.69) is 31.9 Å². The lowest BCUT2D eigenvalue weighted by Gasteiger charge is -2.37. The van der Waals surface area contributed by atoms with Crippen LogP contribution >= 0.6 is 31.9 Å². The van der Waals surface area contributed by atoms with Crippen LogP contribution in [0.4, 0.5) is 61.5 Å². The van der Waals surface area contributed by atoms with Crippen molar-refractivity contribution in [2.75, 3.05) is 13.1 Å². The van der Waals surface area contributed by atoms with Crippen molar-refractivity contribution in [3.8, 4) is 0 Å². The first-order chi connectivity index (χ1) is 19.6. The maximum atomic E-state index is 14.2. The molecule has 0 bridgehead atoms. The maximum absolute atomic E-state index is 14.2. The second-order valence-corrected chi connectivity index (χ2v) is 11.0. The van der Waals surface area contributed by atoms with Crippen LogP contribution in [0.15, 0.2) is 21.1 Å². The number of alkyl halides is 14. The minimum absolute atomic E-state index is 0.480. The number of amides is 4. The molecule has 0 radical (unpaired) electrons. The van der Waals surface area contributed by atoms with Crippen LogP contribution in [0.5, 0.6) is 0 Å². The molecule has 2 aliphatic rings. The third-order valence-corrected chi connectivity index (χ3v) is 7.77. The highest BCUT2D eigenvalue weighted by atomic mass is 79.9. The van der Waals surface area contributed by atoms with E-state index in [9.17, 15) is 80.6 Å². The van der Waals surface area contributed by atoms with Crippen LogP contribution in [-0.2, 0) is 0 Å². The van der Waals surface area contributed by atoms with Crippen molar-refractivity contribution in [3.05, 3.63) is 43.3 Å². The van der Waals surface area contributed by atoms with Gasteiger partial charge in [-0.3, -0.25) is 29.0 Å². The van der Waals surface area contributed by atoms with Crippen LogP contribution in [0.3, 0.4) is 0 Å². The topological polar surface area (TPSA) is 74.8 Å². The summed E-state index contributed by atoms with van der Waals surface area (Å²) in [6.07, 6.45) is -13.7. The molecule has 0 fully saturated rings. The number of imide groups is 2. The van der Waals surface area contributed by atoms with E-state index in [1.165, 1.54) is 0 Å². The van der Waals surface area contributed by atoms with Gasteiger partial charge in [-0.2, -0.15) is 61.5 Å². The molecule has 4 rings (SSSR count). The first-order valence-corrected chi connectivity index (χ1v) is 12.6. The molecule has 0 aromatic heterocycles. The smallest absolute Gasteiger partial charge is 0.269 e. The van der Waals surface area contributed by atoms with Gasteiger partial charge in [-0.1, -0.05) is 0 Å². The predicted molar refractivity (Wildman–Crippen MR) is 122 cm³/mol. The molecular weight excluding hydrogens is 782 g/mol. The van der Waals surface area contributed by atoms with Gasteiger partial charge in [0, 0.05) is 30.8 Å². The fraction of sp³-hybridized carbons (Fsp3) is 0.364. The molecular formula is C22H6Br2F14N2O4. The van der Waals surface area contributed by atoms with E-state index in [0.717, 1.165) is 0 Å². The van der Waals surface area contributed by atoms with E-state index in [0.29, 0.717) is 12.1 Å². The standard InChI is InChI=1S/C22H6Br2F14N2O4/c23-7-1-5-9-10-6(14(42)40(15(43)11(7)10)4-18(27,28)20(31,32)22(36,37)38)2-8(24)12(9)16(44)39(13(5)41)3-17(25,26)19(29,30)21(33,34)35/h1-2H,3-4H2. The zero-order valence-corrected chi connectivity index (χ0v) is 23.3. The number of carbonyl (C=O) groups is 4. The van der Waals surface area contributed by atoms with Crippen molar-refractivity contribution in [3.63, 3.8) is 0 Å². The monoisotopic (exact) mass is 786 g/mol. The third kappa shape index (κ3) is 4.56. The Labute approximate surface area is 249 Å². The van der Waals surface area contributed by atoms with Crippen LogP contribution in [0.1, 0.15) is 41.4 Å². The summed E-state index contributed by atoms with van der Waals surface area (Å²) < 4.78 is 185. The Morgan fingerprint density at radius 1 is 0.500 bits per heavy atom. The van der Waals surface area contributed by atoms with Gasteiger partial charge in [-0.05, 0) is 44.0 Å². The molecule has 0 unspecified atom stereocenters. The van der Waals surface area contributed by atoms with E-state index in [4.69, 9.17) is 0 Å². The number of benzene rings is 2. The highest BCUT2D eigenvalue weighted by molar-refractivity contribution is 9.10. The summed E-state index contributed by atoms with van der Waals surface area (Å²) in [6, 6.07) is 0.959. The summed E-state index contributed by atoms with van der Waals surface area (Å²) in [6.45, 7) is -5.67. The molecule has 240 valence electrons. The lowest BCUT2D eigenvalue weighted by Crippen LogP contribution is -2.59. The summed E-state index contributed by atoms with van der Waals surface area (Å²) in [7, 11) is 0. The van der Waals surface area contributed by atoms with Crippen LogP contribution in [-0.4, -0.2) is 82.6 Å². The second-order valence-electron chi connectivity index (χ2n) is 9.26. The van der Waals surface area contributed by atoms with Gasteiger partial charge in [0.05, 0.1) is 24.2 Å². The SMILES string of the molecule is O=C1c2cc(Br)c3c4c(cc(Br)c(c24)C(=O)N1CC(F)(F)C(F)(F)C(F)(F)F)C(=O)N(CC(F)(F)C(F)(F)C(F)(F)F)C3=O. The van der Waals surface area contributed by atoms with E-state index >= 15 is 0 Å². The zero-order valence-electron chi connectivity index (χ0n) is 20.1.